The van der Waals surface area contributed by atoms with E-state index in [0.29, 0.717) is 0 Å². The van der Waals surface area contributed by atoms with Crippen molar-refractivity contribution in [3.05, 3.63) is 29.8 Å². The molecule has 15 heavy (non-hydrogen) atoms. The largest absolute Gasteiger partial charge is 0.494 e. The van der Waals surface area contributed by atoms with Gasteiger partial charge in [-0.25, -0.2) is 0 Å². The SMILES string of the molecule is CCCCOc1ccc(CC(C)C)cc1. The molecule has 0 heterocycles. The second-order valence-corrected chi connectivity index (χ2v) is 4.44. The van der Waals surface area contributed by atoms with Crippen LogP contribution < -0.4 is 4.74 Å². The van der Waals surface area contributed by atoms with E-state index >= 15 is 0 Å². The predicted octanol–water partition coefficient (Wildman–Crippen LogP) is 4.06. The minimum Gasteiger partial charge on any atom is -0.494 e. The molecule has 0 fully saturated rings. The average Bonchev–Trinajstić information content (AvgIpc) is 2.20. The molecule has 0 spiro atoms. The molecule has 0 radical (unpaired) electrons. The maximum Gasteiger partial charge on any atom is 0.119 e. The van der Waals surface area contributed by atoms with Crippen molar-refractivity contribution in [3.63, 3.8) is 0 Å². The third-order valence-electron chi connectivity index (χ3n) is 2.33. The van der Waals surface area contributed by atoms with Crippen LogP contribution in [0.25, 0.3) is 0 Å². The molecule has 1 rings (SSSR count). The summed E-state index contributed by atoms with van der Waals surface area (Å²) in [7, 11) is 0. The van der Waals surface area contributed by atoms with Gasteiger partial charge >= 0.3 is 0 Å². The van der Waals surface area contributed by atoms with Crippen LogP contribution in [0.1, 0.15) is 39.2 Å². The van der Waals surface area contributed by atoms with E-state index in [1.807, 2.05) is 0 Å². The van der Waals surface area contributed by atoms with E-state index in [2.05, 4.69) is 45.0 Å². The van der Waals surface area contributed by atoms with Crippen molar-refractivity contribution in [1.29, 1.82) is 0 Å². The summed E-state index contributed by atoms with van der Waals surface area (Å²) >= 11 is 0. The first kappa shape index (κ1) is 12.1. The monoisotopic (exact) mass is 206 g/mol. The van der Waals surface area contributed by atoms with Crippen LogP contribution in [-0.2, 0) is 6.42 Å². The molecule has 0 amide bonds. The number of hydrogen-bond acceptors (Lipinski definition) is 1. The Morgan fingerprint density at radius 1 is 1.13 bits per heavy atom. The van der Waals surface area contributed by atoms with Crippen molar-refractivity contribution in [2.24, 2.45) is 5.92 Å². The minimum absolute atomic E-state index is 0.719. The first-order valence-electron chi connectivity index (χ1n) is 5.94. The Kier molecular flexibility index (Phi) is 5.23. The van der Waals surface area contributed by atoms with Crippen molar-refractivity contribution in [2.75, 3.05) is 6.61 Å². The zero-order valence-electron chi connectivity index (χ0n) is 10.1. The van der Waals surface area contributed by atoms with E-state index in [0.717, 1.165) is 31.1 Å². The van der Waals surface area contributed by atoms with Crippen LogP contribution in [0.4, 0.5) is 0 Å². The van der Waals surface area contributed by atoms with Gasteiger partial charge in [0.15, 0.2) is 0 Å². The molecular formula is C14H22O. The second kappa shape index (κ2) is 6.49. The second-order valence-electron chi connectivity index (χ2n) is 4.44. The van der Waals surface area contributed by atoms with Crippen molar-refractivity contribution in [2.45, 2.75) is 40.0 Å². The number of rotatable bonds is 6. The Hall–Kier alpha value is -0.980. The molecule has 0 atom stereocenters. The summed E-state index contributed by atoms with van der Waals surface area (Å²) in [5, 5.41) is 0. The van der Waals surface area contributed by atoms with Gasteiger partial charge in [-0.05, 0) is 36.5 Å². The molecule has 0 aliphatic heterocycles. The highest BCUT2D eigenvalue weighted by atomic mass is 16.5. The summed E-state index contributed by atoms with van der Waals surface area (Å²) in [6.07, 6.45) is 3.47. The summed E-state index contributed by atoms with van der Waals surface area (Å²) in [5.41, 5.74) is 1.40. The normalized spacial score (nSPS) is 10.7. The molecule has 0 aromatic heterocycles. The summed E-state index contributed by atoms with van der Waals surface area (Å²) in [4.78, 5) is 0. The number of unbranched alkanes of at least 4 members (excludes halogenated alkanes) is 1. The van der Waals surface area contributed by atoms with Gasteiger partial charge in [-0.3, -0.25) is 0 Å². The van der Waals surface area contributed by atoms with Crippen LogP contribution in [0.2, 0.25) is 0 Å². The van der Waals surface area contributed by atoms with Crippen LogP contribution in [0, 0.1) is 5.92 Å². The van der Waals surface area contributed by atoms with Gasteiger partial charge in [-0.1, -0.05) is 39.3 Å². The van der Waals surface area contributed by atoms with Crippen LogP contribution in [0.15, 0.2) is 24.3 Å². The molecule has 0 bridgehead atoms. The van der Waals surface area contributed by atoms with Crippen LogP contribution in [0.5, 0.6) is 5.75 Å². The first-order chi connectivity index (χ1) is 7.22. The quantitative estimate of drug-likeness (QED) is 0.638. The molecule has 0 N–H and O–H groups in total. The maximum absolute atomic E-state index is 5.61. The van der Waals surface area contributed by atoms with Crippen molar-refractivity contribution >= 4 is 0 Å². The van der Waals surface area contributed by atoms with E-state index in [1.54, 1.807) is 0 Å². The topological polar surface area (TPSA) is 9.23 Å². The number of hydrogen-bond donors (Lipinski definition) is 0. The number of ether oxygens (including phenoxy) is 1. The van der Waals surface area contributed by atoms with Crippen LogP contribution in [-0.4, -0.2) is 6.61 Å². The van der Waals surface area contributed by atoms with E-state index < -0.39 is 0 Å². The molecule has 0 aliphatic carbocycles. The van der Waals surface area contributed by atoms with Crippen molar-refractivity contribution in [1.82, 2.24) is 0 Å². The molecule has 0 saturated heterocycles. The highest BCUT2D eigenvalue weighted by Gasteiger charge is 1.98. The van der Waals surface area contributed by atoms with Gasteiger partial charge in [-0.2, -0.15) is 0 Å². The molecular weight excluding hydrogens is 184 g/mol. The highest BCUT2D eigenvalue weighted by Crippen LogP contribution is 2.15. The van der Waals surface area contributed by atoms with Gasteiger partial charge in [0.05, 0.1) is 6.61 Å². The summed E-state index contributed by atoms with van der Waals surface area (Å²) < 4.78 is 5.61. The summed E-state index contributed by atoms with van der Waals surface area (Å²) in [6, 6.07) is 8.49. The van der Waals surface area contributed by atoms with E-state index in [9.17, 15) is 0 Å². The van der Waals surface area contributed by atoms with E-state index in [1.165, 1.54) is 12.0 Å². The Bertz CT molecular complexity index is 261. The molecule has 0 unspecified atom stereocenters. The lowest BCUT2D eigenvalue weighted by molar-refractivity contribution is 0.309. The van der Waals surface area contributed by atoms with Crippen molar-refractivity contribution < 1.29 is 4.74 Å². The third-order valence-corrected chi connectivity index (χ3v) is 2.33. The summed E-state index contributed by atoms with van der Waals surface area (Å²) in [6.45, 7) is 7.49. The fourth-order valence-electron chi connectivity index (χ4n) is 1.53. The zero-order valence-corrected chi connectivity index (χ0v) is 10.1. The van der Waals surface area contributed by atoms with Gasteiger partial charge in [0.25, 0.3) is 0 Å². The Morgan fingerprint density at radius 2 is 1.80 bits per heavy atom. The molecule has 0 saturated carbocycles. The lowest BCUT2D eigenvalue weighted by atomic mass is 10.0. The lowest BCUT2D eigenvalue weighted by Gasteiger charge is -2.07. The van der Waals surface area contributed by atoms with Crippen LogP contribution in [0.3, 0.4) is 0 Å². The molecule has 0 aliphatic rings. The van der Waals surface area contributed by atoms with Gasteiger partial charge in [0, 0.05) is 0 Å². The van der Waals surface area contributed by atoms with Gasteiger partial charge < -0.3 is 4.74 Å². The molecule has 1 aromatic rings. The summed E-state index contributed by atoms with van der Waals surface area (Å²) in [5.74, 6) is 1.72. The molecule has 1 nitrogen and oxygen atoms in total. The fourth-order valence-corrected chi connectivity index (χ4v) is 1.53. The van der Waals surface area contributed by atoms with E-state index in [-0.39, 0.29) is 0 Å². The standard InChI is InChI=1S/C14H22O/c1-4-5-10-15-14-8-6-13(7-9-14)11-12(2)3/h6-9,12H,4-5,10-11H2,1-3H3. The lowest BCUT2D eigenvalue weighted by Crippen LogP contribution is -1.97. The number of benzene rings is 1. The zero-order chi connectivity index (χ0) is 11.1. The molecule has 1 heteroatoms. The third kappa shape index (κ3) is 4.87. The van der Waals surface area contributed by atoms with Crippen LogP contribution >= 0.6 is 0 Å². The fraction of sp³-hybridized carbons (Fsp3) is 0.571. The van der Waals surface area contributed by atoms with Gasteiger partial charge in [0.1, 0.15) is 5.75 Å². The maximum atomic E-state index is 5.61. The minimum atomic E-state index is 0.719. The highest BCUT2D eigenvalue weighted by molar-refractivity contribution is 5.27. The first-order valence-corrected chi connectivity index (χ1v) is 5.94. The molecule has 1 aromatic carbocycles. The van der Waals surface area contributed by atoms with Gasteiger partial charge in [0.2, 0.25) is 0 Å². The average molecular weight is 206 g/mol. The van der Waals surface area contributed by atoms with Crippen molar-refractivity contribution in [3.8, 4) is 5.75 Å². The van der Waals surface area contributed by atoms with E-state index in [4.69, 9.17) is 4.74 Å². The predicted molar refractivity (Wildman–Crippen MR) is 65.4 cm³/mol. The smallest absolute Gasteiger partial charge is 0.119 e. The molecule has 84 valence electrons. The Balaban J connectivity index is 2.42. The Morgan fingerprint density at radius 3 is 2.33 bits per heavy atom. The van der Waals surface area contributed by atoms with Gasteiger partial charge in [-0.15, -0.1) is 0 Å². The Labute approximate surface area is 93.5 Å².